The van der Waals surface area contributed by atoms with E-state index >= 15 is 0 Å². The van der Waals surface area contributed by atoms with E-state index in [1.54, 1.807) is 24.3 Å². The summed E-state index contributed by atoms with van der Waals surface area (Å²) < 4.78 is 0. The predicted molar refractivity (Wildman–Crippen MR) is 102 cm³/mol. The fraction of sp³-hybridized carbons (Fsp3) is 0.333. The van der Waals surface area contributed by atoms with Crippen molar-refractivity contribution < 1.29 is 9.59 Å². The first-order chi connectivity index (χ1) is 12.6. The number of carbonyl (C=O) groups excluding carboxylic acids is 2. The van der Waals surface area contributed by atoms with Crippen molar-refractivity contribution >= 4 is 17.4 Å². The van der Waals surface area contributed by atoms with Gasteiger partial charge in [0.25, 0.3) is 0 Å². The number of nitrogens with two attached hydrogens (primary N) is 1. The minimum Gasteiger partial charge on any atom is -0.384 e. The van der Waals surface area contributed by atoms with Crippen molar-refractivity contribution in [3.8, 4) is 0 Å². The summed E-state index contributed by atoms with van der Waals surface area (Å²) in [6.45, 7) is 3.01. The van der Waals surface area contributed by atoms with Crippen molar-refractivity contribution in [1.82, 2.24) is 5.32 Å². The highest BCUT2D eigenvalue weighted by Gasteiger charge is 2.39. The quantitative estimate of drug-likeness (QED) is 0.739. The zero-order valence-electron chi connectivity index (χ0n) is 14.7. The van der Waals surface area contributed by atoms with Crippen LogP contribution in [0.25, 0.3) is 0 Å². The van der Waals surface area contributed by atoms with E-state index in [2.05, 4.69) is 22.8 Å². The van der Waals surface area contributed by atoms with Crippen LogP contribution < -0.4 is 16.4 Å². The smallest absolute Gasteiger partial charge is 0.249 e. The number of primary amides is 1. The Labute approximate surface area is 153 Å². The van der Waals surface area contributed by atoms with Crippen molar-refractivity contribution in [2.75, 3.05) is 25.0 Å². The van der Waals surface area contributed by atoms with Gasteiger partial charge in [-0.05, 0) is 49.2 Å². The summed E-state index contributed by atoms with van der Waals surface area (Å²) in [7, 11) is 0. The number of Topliss-reactive ketones (excluding diaryl/α,β-unsaturated/α-hetero) is 1. The number of rotatable bonds is 4. The maximum absolute atomic E-state index is 12.8. The zero-order valence-corrected chi connectivity index (χ0v) is 14.7. The van der Waals surface area contributed by atoms with E-state index in [9.17, 15) is 9.59 Å². The Balaban J connectivity index is 1.62. The van der Waals surface area contributed by atoms with E-state index in [-0.39, 0.29) is 23.2 Å². The maximum Gasteiger partial charge on any atom is 0.249 e. The third-order valence-electron chi connectivity index (χ3n) is 5.69. The molecule has 2 aliphatic heterocycles. The Kier molecular flexibility index (Phi) is 4.24. The average Bonchev–Trinajstić information content (AvgIpc) is 3.00. The van der Waals surface area contributed by atoms with Crippen LogP contribution in [0, 0.1) is 0 Å². The molecule has 26 heavy (non-hydrogen) atoms. The van der Waals surface area contributed by atoms with Gasteiger partial charge in [-0.1, -0.05) is 30.3 Å². The first-order valence-electron chi connectivity index (χ1n) is 9.09. The molecule has 2 aliphatic rings. The highest BCUT2D eigenvalue weighted by Crippen LogP contribution is 2.43. The fourth-order valence-corrected chi connectivity index (χ4v) is 4.23. The van der Waals surface area contributed by atoms with Crippen LogP contribution in [0.1, 0.15) is 44.7 Å². The van der Waals surface area contributed by atoms with E-state index in [0.29, 0.717) is 5.56 Å². The minimum absolute atomic E-state index is 0.0790. The molecular weight excluding hydrogens is 326 g/mol. The summed E-state index contributed by atoms with van der Waals surface area (Å²) in [5, 5.41) is 6.95. The van der Waals surface area contributed by atoms with Gasteiger partial charge in [-0.25, -0.2) is 0 Å². The highest BCUT2D eigenvalue weighted by atomic mass is 16.1. The van der Waals surface area contributed by atoms with Gasteiger partial charge in [-0.3, -0.25) is 9.59 Å². The van der Waals surface area contributed by atoms with Gasteiger partial charge < -0.3 is 16.4 Å². The first kappa shape index (κ1) is 16.8. The molecule has 0 radical (unpaired) electrons. The Morgan fingerprint density at radius 3 is 2.50 bits per heavy atom. The summed E-state index contributed by atoms with van der Waals surface area (Å²) >= 11 is 0. The molecule has 1 saturated heterocycles. The van der Waals surface area contributed by atoms with Crippen LogP contribution in [-0.4, -0.2) is 31.3 Å². The number of hydrogen-bond donors (Lipinski definition) is 3. The molecule has 1 amide bonds. The van der Waals surface area contributed by atoms with Gasteiger partial charge in [-0.2, -0.15) is 0 Å². The Morgan fingerprint density at radius 2 is 1.77 bits per heavy atom. The Morgan fingerprint density at radius 1 is 1.04 bits per heavy atom. The second-order valence-corrected chi connectivity index (χ2v) is 7.27. The summed E-state index contributed by atoms with van der Waals surface area (Å²) in [5.74, 6) is -0.648. The predicted octanol–water partition coefficient (Wildman–Crippen LogP) is 2.26. The molecule has 0 unspecified atom stereocenters. The molecule has 2 aromatic rings. The van der Waals surface area contributed by atoms with Crippen LogP contribution in [0.4, 0.5) is 5.69 Å². The summed E-state index contributed by atoms with van der Waals surface area (Å²) in [4.78, 5) is 24.4. The van der Waals surface area contributed by atoms with Crippen LogP contribution in [0.3, 0.4) is 0 Å². The number of anilines is 1. The van der Waals surface area contributed by atoms with Crippen LogP contribution >= 0.6 is 0 Å². The number of fused-ring (bicyclic) bond motifs is 2. The van der Waals surface area contributed by atoms with Crippen LogP contribution in [0.15, 0.2) is 42.5 Å². The molecule has 4 rings (SSSR count). The zero-order chi connectivity index (χ0) is 18.1. The Bertz CT molecular complexity index is 864. The molecule has 2 heterocycles. The molecule has 0 atom stereocenters. The molecule has 1 fully saturated rings. The molecule has 0 aromatic heterocycles. The molecule has 5 heteroatoms. The first-order valence-corrected chi connectivity index (χ1v) is 9.09. The molecule has 134 valence electrons. The van der Waals surface area contributed by atoms with E-state index < -0.39 is 5.91 Å². The van der Waals surface area contributed by atoms with Crippen LogP contribution in [0.2, 0.25) is 0 Å². The van der Waals surface area contributed by atoms with Crippen LogP contribution in [0.5, 0.6) is 0 Å². The van der Waals surface area contributed by atoms with Crippen LogP contribution in [-0.2, 0) is 11.8 Å². The SMILES string of the molecule is NC(=O)c1ccccc1C(=O)Cc1ccc2c(c1)C1(CCNCC1)CN2. The van der Waals surface area contributed by atoms with E-state index in [1.165, 1.54) is 11.3 Å². The molecule has 0 saturated carbocycles. The fourth-order valence-electron chi connectivity index (χ4n) is 4.23. The molecule has 0 aliphatic carbocycles. The second-order valence-electron chi connectivity index (χ2n) is 7.27. The van der Waals surface area contributed by atoms with Gasteiger partial charge in [-0.15, -0.1) is 0 Å². The standard InChI is InChI=1S/C21H23N3O2/c22-20(26)16-4-2-1-3-15(16)19(25)12-14-5-6-18-17(11-14)21(13-24-18)7-9-23-10-8-21/h1-6,11,23-24H,7-10,12-13H2,(H2,22,26). The van der Waals surface area contributed by atoms with Crippen molar-refractivity contribution in [3.63, 3.8) is 0 Å². The number of amides is 1. The number of benzene rings is 2. The third kappa shape index (κ3) is 2.88. The number of carbonyl (C=O) groups is 2. The largest absolute Gasteiger partial charge is 0.384 e. The van der Waals surface area contributed by atoms with Gasteiger partial charge in [0.05, 0.1) is 0 Å². The Hall–Kier alpha value is -2.66. The lowest BCUT2D eigenvalue weighted by molar-refractivity contribution is 0.0963. The van der Waals surface area contributed by atoms with Gasteiger partial charge in [0.2, 0.25) is 5.91 Å². The van der Waals surface area contributed by atoms with Gasteiger partial charge in [0, 0.05) is 35.2 Å². The van der Waals surface area contributed by atoms with Crippen molar-refractivity contribution in [3.05, 3.63) is 64.7 Å². The summed E-state index contributed by atoms with van der Waals surface area (Å²) in [6.07, 6.45) is 2.48. The van der Waals surface area contributed by atoms with Crippen molar-refractivity contribution in [2.45, 2.75) is 24.7 Å². The third-order valence-corrected chi connectivity index (χ3v) is 5.69. The molecule has 1 spiro atoms. The number of nitrogens with one attached hydrogen (secondary N) is 2. The number of hydrogen-bond acceptors (Lipinski definition) is 4. The monoisotopic (exact) mass is 349 g/mol. The topological polar surface area (TPSA) is 84.2 Å². The van der Waals surface area contributed by atoms with Gasteiger partial charge in [0.15, 0.2) is 5.78 Å². The molecule has 4 N–H and O–H groups in total. The lowest BCUT2D eigenvalue weighted by atomic mass is 9.74. The molecular formula is C21H23N3O2. The molecule has 5 nitrogen and oxygen atoms in total. The number of piperidine rings is 1. The van der Waals surface area contributed by atoms with Crippen molar-refractivity contribution in [1.29, 1.82) is 0 Å². The number of ketones is 1. The second kappa shape index (κ2) is 6.57. The van der Waals surface area contributed by atoms with Gasteiger partial charge >= 0.3 is 0 Å². The van der Waals surface area contributed by atoms with Crippen molar-refractivity contribution in [2.24, 2.45) is 5.73 Å². The van der Waals surface area contributed by atoms with E-state index in [0.717, 1.165) is 38.0 Å². The van der Waals surface area contributed by atoms with E-state index in [4.69, 9.17) is 5.73 Å². The maximum atomic E-state index is 12.8. The molecule has 0 bridgehead atoms. The average molecular weight is 349 g/mol. The van der Waals surface area contributed by atoms with Gasteiger partial charge in [0.1, 0.15) is 0 Å². The lowest BCUT2D eigenvalue weighted by Gasteiger charge is -2.34. The minimum atomic E-state index is -0.569. The summed E-state index contributed by atoms with van der Waals surface area (Å²) in [5.41, 5.74) is 9.75. The highest BCUT2D eigenvalue weighted by molar-refractivity contribution is 6.08. The van der Waals surface area contributed by atoms with E-state index in [1.807, 2.05) is 6.07 Å². The summed E-state index contributed by atoms with van der Waals surface area (Å²) in [6, 6.07) is 13.0. The normalized spacial score (nSPS) is 17.5. The molecule has 2 aromatic carbocycles. The lowest BCUT2D eigenvalue weighted by Crippen LogP contribution is -2.41.